The molecule has 0 aliphatic heterocycles. The third-order valence-electron chi connectivity index (χ3n) is 3.45. The second-order valence-electron chi connectivity index (χ2n) is 4.97. The number of hydrogen-bond donors (Lipinski definition) is 1. The molecular weight excluding hydrogens is 350 g/mol. The summed E-state index contributed by atoms with van der Waals surface area (Å²) in [4.78, 5) is 0. The van der Waals surface area contributed by atoms with Gasteiger partial charge in [0.2, 0.25) is 0 Å². The standard InChI is InChI=1S/C17H19BrClNO/c1-12(16-8-7-15(18)9-17(16)19)20-10-13-5-3-4-6-14(13)11-21-2/h3-9,12,20H,10-11H2,1-2H3. The van der Waals surface area contributed by atoms with E-state index in [-0.39, 0.29) is 6.04 Å². The maximum atomic E-state index is 6.30. The Bertz CT molecular complexity index is 603. The monoisotopic (exact) mass is 367 g/mol. The second kappa shape index (κ2) is 7.95. The molecule has 0 aromatic heterocycles. The minimum Gasteiger partial charge on any atom is -0.380 e. The molecule has 2 rings (SSSR count). The lowest BCUT2D eigenvalue weighted by atomic mass is 10.1. The molecule has 0 spiro atoms. The average molecular weight is 369 g/mol. The van der Waals surface area contributed by atoms with Crippen molar-refractivity contribution in [2.24, 2.45) is 0 Å². The number of nitrogens with one attached hydrogen (secondary N) is 1. The van der Waals surface area contributed by atoms with Crippen molar-refractivity contribution in [1.82, 2.24) is 5.32 Å². The molecule has 4 heteroatoms. The van der Waals surface area contributed by atoms with Gasteiger partial charge in [0.05, 0.1) is 6.61 Å². The van der Waals surface area contributed by atoms with Crippen LogP contribution in [0.4, 0.5) is 0 Å². The van der Waals surface area contributed by atoms with Crippen molar-refractivity contribution in [1.29, 1.82) is 0 Å². The van der Waals surface area contributed by atoms with Crippen LogP contribution in [-0.2, 0) is 17.9 Å². The van der Waals surface area contributed by atoms with E-state index in [1.165, 1.54) is 11.1 Å². The second-order valence-corrected chi connectivity index (χ2v) is 6.29. The van der Waals surface area contributed by atoms with Crippen molar-refractivity contribution in [3.63, 3.8) is 0 Å². The number of hydrogen-bond acceptors (Lipinski definition) is 2. The van der Waals surface area contributed by atoms with E-state index in [2.05, 4.69) is 40.3 Å². The van der Waals surface area contributed by atoms with Crippen molar-refractivity contribution in [2.45, 2.75) is 26.1 Å². The summed E-state index contributed by atoms with van der Waals surface area (Å²) in [5.41, 5.74) is 3.56. The molecular formula is C17H19BrClNO. The molecule has 0 fully saturated rings. The predicted octanol–water partition coefficient (Wildman–Crippen LogP) is 5.10. The van der Waals surface area contributed by atoms with Gasteiger partial charge in [-0.3, -0.25) is 0 Å². The fourth-order valence-electron chi connectivity index (χ4n) is 2.25. The molecule has 0 heterocycles. The zero-order valence-electron chi connectivity index (χ0n) is 12.2. The Labute approximate surface area is 139 Å². The van der Waals surface area contributed by atoms with Crippen LogP contribution in [0.15, 0.2) is 46.9 Å². The van der Waals surface area contributed by atoms with Crippen LogP contribution in [0, 0.1) is 0 Å². The topological polar surface area (TPSA) is 21.3 Å². The number of methoxy groups -OCH3 is 1. The van der Waals surface area contributed by atoms with Crippen molar-refractivity contribution in [2.75, 3.05) is 7.11 Å². The van der Waals surface area contributed by atoms with E-state index in [4.69, 9.17) is 16.3 Å². The fourth-order valence-corrected chi connectivity index (χ4v) is 3.09. The van der Waals surface area contributed by atoms with Crippen LogP contribution in [0.3, 0.4) is 0 Å². The van der Waals surface area contributed by atoms with E-state index in [1.807, 2.05) is 30.3 Å². The predicted molar refractivity (Wildman–Crippen MR) is 91.6 cm³/mol. The number of ether oxygens (including phenoxy) is 1. The summed E-state index contributed by atoms with van der Waals surface area (Å²) in [6.45, 7) is 3.53. The summed E-state index contributed by atoms with van der Waals surface area (Å²) >= 11 is 9.73. The molecule has 0 amide bonds. The molecule has 21 heavy (non-hydrogen) atoms. The van der Waals surface area contributed by atoms with Gasteiger partial charge in [-0.2, -0.15) is 0 Å². The Balaban J connectivity index is 2.05. The summed E-state index contributed by atoms with van der Waals surface area (Å²) in [6, 6.07) is 14.5. The van der Waals surface area contributed by atoms with Crippen molar-refractivity contribution in [3.05, 3.63) is 68.7 Å². The molecule has 0 saturated heterocycles. The highest BCUT2D eigenvalue weighted by Gasteiger charge is 2.10. The number of rotatable bonds is 6. The number of halogens is 2. The Morgan fingerprint density at radius 2 is 1.90 bits per heavy atom. The third kappa shape index (κ3) is 4.55. The van der Waals surface area contributed by atoms with Gasteiger partial charge < -0.3 is 10.1 Å². The van der Waals surface area contributed by atoms with E-state index < -0.39 is 0 Å². The molecule has 0 aliphatic carbocycles. The van der Waals surface area contributed by atoms with Crippen molar-refractivity contribution < 1.29 is 4.74 Å². The summed E-state index contributed by atoms with van der Waals surface area (Å²) in [5, 5.41) is 4.29. The minimum atomic E-state index is 0.182. The van der Waals surface area contributed by atoms with Crippen LogP contribution in [0.2, 0.25) is 5.02 Å². The molecule has 112 valence electrons. The van der Waals surface area contributed by atoms with Crippen LogP contribution < -0.4 is 5.32 Å². The van der Waals surface area contributed by atoms with Gasteiger partial charge in [-0.05, 0) is 35.7 Å². The lowest BCUT2D eigenvalue weighted by Gasteiger charge is -2.17. The Morgan fingerprint density at radius 1 is 1.19 bits per heavy atom. The first-order valence-electron chi connectivity index (χ1n) is 6.86. The molecule has 0 saturated carbocycles. The molecule has 0 radical (unpaired) electrons. The van der Waals surface area contributed by atoms with Gasteiger partial charge in [-0.1, -0.05) is 57.9 Å². The van der Waals surface area contributed by atoms with Crippen LogP contribution in [0.25, 0.3) is 0 Å². The molecule has 0 aliphatic rings. The van der Waals surface area contributed by atoms with Crippen molar-refractivity contribution in [3.8, 4) is 0 Å². The highest BCUT2D eigenvalue weighted by Crippen LogP contribution is 2.26. The quantitative estimate of drug-likeness (QED) is 0.766. The summed E-state index contributed by atoms with van der Waals surface area (Å²) in [7, 11) is 1.72. The summed E-state index contributed by atoms with van der Waals surface area (Å²) < 4.78 is 6.23. The Hall–Kier alpha value is -0.870. The van der Waals surface area contributed by atoms with E-state index >= 15 is 0 Å². The van der Waals surface area contributed by atoms with Crippen molar-refractivity contribution >= 4 is 27.5 Å². The van der Waals surface area contributed by atoms with Gasteiger partial charge in [-0.15, -0.1) is 0 Å². The van der Waals surface area contributed by atoms with E-state index in [9.17, 15) is 0 Å². The summed E-state index contributed by atoms with van der Waals surface area (Å²) in [6.07, 6.45) is 0. The van der Waals surface area contributed by atoms with Gasteiger partial charge in [0.15, 0.2) is 0 Å². The van der Waals surface area contributed by atoms with Crippen LogP contribution in [0.1, 0.15) is 29.7 Å². The highest BCUT2D eigenvalue weighted by atomic mass is 79.9. The van der Waals surface area contributed by atoms with Gasteiger partial charge in [-0.25, -0.2) is 0 Å². The fraction of sp³-hybridized carbons (Fsp3) is 0.294. The lowest BCUT2D eigenvalue weighted by molar-refractivity contribution is 0.184. The molecule has 2 nitrogen and oxygen atoms in total. The van der Waals surface area contributed by atoms with Gasteiger partial charge >= 0.3 is 0 Å². The van der Waals surface area contributed by atoms with Crippen LogP contribution >= 0.6 is 27.5 Å². The number of benzene rings is 2. The van der Waals surface area contributed by atoms with Gasteiger partial charge in [0, 0.05) is 29.2 Å². The van der Waals surface area contributed by atoms with Crippen LogP contribution in [-0.4, -0.2) is 7.11 Å². The Morgan fingerprint density at radius 3 is 2.57 bits per heavy atom. The smallest absolute Gasteiger partial charge is 0.0716 e. The molecule has 1 unspecified atom stereocenters. The Kier molecular flexibility index (Phi) is 6.24. The van der Waals surface area contributed by atoms with Gasteiger partial charge in [0.1, 0.15) is 0 Å². The molecule has 2 aromatic carbocycles. The zero-order chi connectivity index (χ0) is 15.2. The average Bonchev–Trinajstić information content (AvgIpc) is 2.46. The first-order valence-corrected chi connectivity index (χ1v) is 8.03. The normalized spacial score (nSPS) is 12.4. The minimum absolute atomic E-state index is 0.182. The SMILES string of the molecule is COCc1ccccc1CNC(C)c1ccc(Br)cc1Cl. The molecule has 1 N–H and O–H groups in total. The largest absolute Gasteiger partial charge is 0.380 e. The lowest BCUT2D eigenvalue weighted by Crippen LogP contribution is -2.19. The first-order chi connectivity index (χ1) is 10.1. The maximum absolute atomic E-state index is 6.30. The van der Waals surface area contributed by atoms with Gasteiger partial charge in [0.25, 0.3) is 0 Å². The highest BCUT2D eigenvalue weighted by molar-refractivity contribution is 9.10. The molecule has 2 aromatic rings. The zero-order valence-corrected chi connectivity index (χ0v) is 14.5. The molecule has 0 bridgehead atoms. The van der Waals surface area contributed by atoms with E-state index in [0.29, 0.717) is 6.61 Å². The van der Waals surface area contributed by atoms with E-state index in [1.54, 1.807) is 7.11 Å². The van der Waals surface area contributed by atoms with Crippen LogP contribution in [0.5, 0.6) is 0 Å². The first kappa shape index (κ1) is 16.5. The molecule has 1 atom stereocenters. The summed E-state index contributed by atoms with van der Waals surface area (Å²) in [5.74, 6) is 0. The van der Waals surface area contributed by atoms with E-state index in [0.717, 1.165) is 21.6 Å². The third-order valence-corrected chi connectivity index (χ3v) is 4.27. The maximum Gasteiger partial charge on any atom is 0.0716 e.